The molecule has 2 rings (SSSR count). The predicted molar refractivity (Wildman–Crippen MR) is 74.6 cm³/mol. The van der Waals surface area contributed by atoms with Gasteiger partial charge in [0.05, 0.1) is 11.1 Å². The molecule has 0 bridgehead atoms. The van der Waals surface area contributed by atoms with Crippen molar-refractivity contribution in [2.75, 3.05) is 11.9 Å². The van der Waals surface area contributed by atoms with Crippen molar-refractivity contribution < 1.29 is 8.78 Å². The molecule has 2 nitrogen and oxygen atoms in total. The predicted octanol–water partition coefficient (Wildman–Crippen LogP) is 4.38. The Hall–Kier alpha value is -1.71. The SMILES string of the molecule is CCNc1c(C(C)C)c(C)nc2c(F)ccc(F)c12. The maximum atomic E-state index is 14.1. The van der Waals surface area contributed by atoms with E-state index < -0.39 is 11.6 Å². The first-order valence-corrected chi connectivity index (χ1v) is 6.49. The summed E-state index contributed by atoms with van der Waals surface area (Å²) in [5.74, 6) is -0.746. The van der Waals surface area contributed by atoms with Crippen LogP contribution in [0.2, 0.25) is 0 Å². The zero-order valence-corrected chi connectivity index (χ0v) is 11.6. The summed E-state index contributed by atoms with van der Waals surface area (Å²) < 4.78 is 27.9. The highest BCUT2D eigenvalue weighted by atomic mass is 19.1. The number of rotatable bonds is 3. The number of halogens is 2. The number of nitrogens with one attached hydrogen (secondary N) is 1. The Balaban J connectivity index is 2.94. The Morgan fingerprint density at radius 2 is 1.84 bits per heavy atom. The van der Waals surface area contributed by atoms with Crippen LogP contribution in [-0.4, -0.2) is 11.5 Å². The molecule has 0 unspecified atom stereocenters. The summed E-state index contributed by atoms with van der Waals surface area (Å²) in [6.45, 7) is 8.46. The minimum absolute atomic E-state index is 0.0952. The van der Waals surface area contributed by atoms with E-state index >= 15 is 0 Å². The third kappa shape index (κ3) is 2.27. The molecular weight excluding hydrogens is 246 g/mol. The second-order valence-electron chi connectivity index (χ2n) is 4.92. The molecular formula is C15H18F2N2. The van der Waals surface area contributed by atoms with Gasteiger partial charge < -0.3 is 5.32 Å². The van der Waals surface area contributed by atoms with E-state index in [0.717, 1.165) is 23.4 Å². The summed E-state index contributed by atoms with van der Waals surface area (Å²) in [5, 5.41) is 3.41. The van der Waals surface area contributed by atoms with Crippen LogP contribution in [0.15, 0.2) is 12.1 Å². The fraction of sp³-hybridized carbons (Fsp3) is 0.400. The van der Waals surface area contributed by atoms with E-state index in [4.69, 9.17) is 0 Å². The van der Waals surface area contributed by atoms with E-state index in [1.54, 1.807) is 0 Å². The van der Waals surface area contributed by atoms with E-state index in [0.29, 0.717) is 12.2 Å². The van der Waals surface area contributed by atoms with Crippen LogP contribution in [0.1, 0.15) is 37.9 Å². The minimum Gasteiger partial charge on any atom is -0.384 e. The van der Waals surface area contributed by atoms with Gasteiger partial charge in [-0.3, -0.25) is 0 Å². The molecule has 0 aliphatic heterocycles. The Bertz CT molecular complexity index is 621. The van der Waals surface area contributed by atoms with Gasteiger partial charge in [0.25, 0.3) is 0 Å². The van der Waals surface area contributed by atoms with Crippen LogP contribution in [-0.2, 0) is 0 Å². The Morgan fingerprint density at radius 1 is 1.21 bits per heavy atom. The van der Waals surface area contributed by atoms with Gasteiger partial charge in [0.2, 0.25) is 0 Å². The van der Waals surface area contributed by atoms with Gasteiger partial charge in [0.15, 0.2) is 0 Å². The minimum atomic E-state index is -0.492. The van der Waals surface area contributed by atoms with Crippen molar-refractivity contribution in [3.05, 3.63) is 35.0 Å². The molecule has 1 heterocycles. The molecule has 0 spiro atoms. The van der Waals surface area contributed by atoms with E-state index in [2.05, 4.69) is 10.3 Å². The second-order valence-corrected chi connectivity index (χ2v) is 4.92. The zero-order chi connectivity index (χ0) is 14.2. The summed E-state index contributed by atoms with van der Waals surface area (Å²) in [4.78, 5) is 4.25. The number of aromatic nitrogens is 1. The summed E-state index contributed by atoms with van der Waals surface area (Å²) in [6, 6.07) is 2.27. The standard InChI is InChI=1S/C15H18F2N2/c1-5-18-15-12(8(2)3)9(4)19-14-11(17)7-6-10(16)13(14)15/h6-8H,5H2,1-4H3,(H,18,19). The molecule has 0 radical (unpaired) electrons. The molecule has 0 saturated heterocycles. The Kier molecular flexibility index (Phi) is 3.69. The molecule has 0 aliphatic carbocycles. The van der Waals surface area contributed by atoms with E-state index in [9.17, 15) is 8.78 Å². The molecule has 4 heteroatoms. The number of aryl methyl sites for hydroxylation is 1. The van der Waals surface area contributed by atoms with Crippen LogP contribution in [0, 0.1) is 18.6 Å². The van der Waals surface area contributed by atoms with Crippen molar-refractivity contribution in [2.24, 2.45) is 0 Å². The average Bonchev–Trinajstić information content (AvgIpc) is 2.33. The largest absolute Gasteiger partial charge is 0.384 e. The Labute approximate surface area is 111 Å². The van der Waals surface area contributed by atoms with E-state index in [-0.39, 0.29) is 16.8 Å². The fourth-order valence-electron chi connectivity index (χ4n) is 2.50. The highest BCUT2D eigenvalue weighted by Crippen LogP contribution is 2.35. The summed E-state index contributed by atoms with van der Waals surface area (Å²) >= 11 is 0. The van der Waals surface area contributed by atoms with Crippen molar-refractivity contribution in [2.45, 2.75) is 33.6 Å². The van der Waals surface area contributed by atoms with Crippen LogP contribution in [0.3, 0.4) is 0 Å². The summed E-state index contributed by atoms with van der Waals surface area (Å²) in [7, 11) is 0. The summed E-state index contributed by atoms with van der Waals surface area (Å²) in [5.41, 5.74) is 2.44. The van der Waals surface area contributed by atoms with Crippen LogP contribution in [0.4, 0.5) is 14.5 Å². The van der Waals surface area contributed by atoms with Crippen LogP contribution < -0.4 is 5.32 Å². The lowest BCUT2D eigenvalue weighted by Gasteiger charge is -2.19. The number of fused-ring (bicyclic) bond motifs is 1. The lowest BCUT2D eigenvalue weighted by Crippen LogP contribution is -2.08. The van der Waals surface area contributed by atoms with Gasteiger partial charge in [0, 0.05) is 12.2 Å². The molecule has 19 heavy (non-hydrogen) atoms. The van der Waals surface area contributed by atoms with Crippen molar-refractivity contribution in [1.29, 1.82) is 0 Å². The Morgan fingerprint density at radius 3 is 2.42 bits per heavy atom. The highest BCUT2D eigenvalue weighted by molar-refractivity contribution is 5.94. The first-order valence-electron chi connectivity index (χ1n) is 6.49. The van der Waals surface area contributed by atoms with E-state index in [1.807, 2.05) is 27.7 Å². The average molecular weight is 264 g/mol. The molecule has 0 amide bonds. The third-order valence-electron chi connectivity index (χ3n) is 3.20. The number of anilines is 1. The quantitative estimate of drug-likeness (QED) is 0.890. The summed E-state index contributed by atoms with van der Waals surface area (Å²) in [6.07, 6.45) is 0. The number of pyridine rings is 1. The molecule has 1 aromatic heterocycles. The highest BCUT2D eigenvalue weighted by Gasteiger charge is 2.19. The maximum absolute atomic E-state index is 14.1. The van der Waals surface area contributed by atoms with E-state index in [1.165, 1.54) is 0 Å². The first kappa shape index (κ1) is 13.7. The monoisotopic (exact) mass is 264 g/mol. The number of hydrogen-bond acceptors (Lipinski definition) is 2. The molecule has 2 aromatic rings. The topological polar surface area (TPSA) is 24.9 Å². The van der Waals surface area contributed by atoms with Gasteiger partial charge in [-0.2, -0.15) is 0 Å². The van der Waals surface area contributed by atoms with Crippen molar-refractivity contribution in [3.63, 3.8) is 0 Å². The van der Waals surface area contributed by atoms with Crippen molar-refractivity contribution in [3.8, 4) is 0 Å². The smallest absolute Gasteiger partial charge is 0.149 e. The molecule has 1 aromatic carbocycles. The number of benzene rings is 1. The lowest BCUT2D eigenvalue weighted by atomic mass is 9.96. The normalized spacial score (nSPS) is 11.3. The molecule has 0 fully saturated rings. The van der Waals surface area contributed by atoms with Crippen LogP contribution in [0.25, 0.3) is 10.9 Å². The van der Waals surface area contributed by atoms with Crippen molar-refractivity contribution in [1.82, 2.24) is 4.98 Å². The number of hydrogen-bond donors (Lipinski definition) is 1. The van der Waals surface area contributed by atoms with Crippen LogP contribution >= 0.6 is 0 Å². The molecule has 0 saturated carbocycles. The van der Waals surface area contributed by atoms with Gasteiger partial charge in [-0.25, -0.2) is 13.8 Å². The molecule has 1 N–H and O–H groups in total. The fourth-order valence-corrected chi connectivity index (χ4v) is 2.50. The van der Waals surface area contributed by atoms with Gasteiger partial charge in [-0.15, -0.1) is 0 Å². The zero-order valence-electron chi connectivity index (χ0n) is 11.6. The van der Waals surface area contributed by atoms with Gasteiger partial charge in [0.1, 0.15) is 17.2 Å². The third-order valence-corrected chi connectivity index (χ3v) is 3.20. The molecule has 0 atom stereocenters. The van der Waals surface area contributed by atoms with Gasteiger partial charge in [-0.1, -0.05) is 13.8 Å². The second kappa shape index (κ2) is 5.11. The molecule has 102 valence electrons. The van der Waals surface area contributed by atoms with Gasteiger partial charge >= 0.3 is 0 Å². The van der Waals surface area contributed by atoms with Crippen LogP contribution in [0.5, 0.6) is 0 Å². The molecule has 0 aliphatic rings. The number of nitrogens with zero attached hydrogens (tertiary/aromatic N) is 1. The first-order chi connectivity index (χ1) is 8.97. The maximum Gasteiger partial charge on any atom is 0.149 e. The lowest BCUT2D eigenvalue weighted by molar-refractivity contribution is 0.614. The van der Waals surface area contributed by atoms with Gasteiger partial charge in [-0.05, 0) is 37.5 Å². The van der Waals surface area contributed by atoms with Crippen molar-refractivity contribution >= 4 is 16.6 Å².